The summed E-state index contributed by atoms with van der Waals surface area (Å²) >= 11 is 0. The summed E-state index contributed by atoms with van der Waals surface area (Å²) < 4.78 is 1.88. The molecule has 0 aromatic carbocycles. The van der Waals surface area contributed by atoms with E-state index in [1.807, 2.05) is 18.7 Å². The molecule has 3 heteroatoms. The van der Waals surface area contributed by atoms with Crippen molar-refractivity contribution in [1.29, 1.82) is 0 Å². The summed E-state index contributed by atoms with van der Waals surface area (Å²) in [6.07, 6.45) is 7.25. The van der Waals surface area contributed by atoms with Gasteiger partial charge in [0.1, 0.15) is 0 Å². The first-order valence-corrected chi connectivity index (χ1v) is 5.11. The minimum Gasteiger partial charge on any atom is -0.309 e. The molecule has 78 valence electrons. The van der Waals surface area contributed by atoms with Crippen molar-refractivity contribution in [1.82, 2.24) is 15.1 Å². The number of allylic oxidation sites excluding steroid dienone is 1. The summed E-state index contributed by atoms with van der Waals surface area (Å²) in [5, 5.41) is 7.74. The summed E-state index contributed by atoms with van der Waals surface area (Å²) in [5.41, 5.74) is 2.50. The Bertz CT molecular complexity index is 299. The monoisotopic (exact) mass is 193 g/mol. The first kappa shape index (κ1) is 11.0. The average Bonchev–Trinajstić information content (AvgIpc) is 2.54. The zero-order chi connectivity index (χ0) is 10.4. The van der Waals surface area contributed by atoms with Crippen LogP contribution in [-0.4, -0.2) is 16.3 Å². The molecule has 3 nitrogen and oxygen atoms in total. The van der Waals surface area contributed by atoms with E-state index in [1.54, 1.807) is 0 Å². The van der Waals surface area contributed by atoms with Crippen molar-refractivity contribution in [2.75, 3.05) is 6.54 Å². The zero-order valence-corrected chi connectivity index (χ0v) is 9.25. The maximum atomic E-state index is 4.39. The molecule has 0 saturated carbocycles. The lowest BCUT2D eigenvalue weighted by Crippen LogP contribution is -2.13. The first-order valence-electron chi connectivity index (χ1n) is 5.11. The number of nitrogens with one attached hydrogen (secondary N) is 1. The third-order valence-corrected chi connectivity index (χ3v) is 2.14. The Labute approximate surface area is 85.8 Å². The van der Waals surface area contributed by atoms with Crippen molar-refractivity contribution in [2.24, 2.45) is 7.05 Å². The predicted molar refractivity (Wildman–Crippen MR) is 59.1 cm³/mol. The van der Waals surface area contributed by atoms with E-state index in [2.05, 4.69) is 35.7 Å². The van der Waals surface area contributed by atoms with Gasteiger partial charge in [-0.1, -0.05) is 19.1 Å². The molecule has 1 heterocycles. The topological polar surface area (TPSA) is 29.9 Å². The Morgan fingerprint density at radius 2 is 2.36 bits per heavy atom. The Morgan fingerprint density at radius 1 is 1.57 bits per heavy atom. The van der Waals surface area contributed by atoms with E-state index >= 15 is 0 Å². The molecular weight excluding hydrogens is 174 g/mol. The molecule has 0 saturated heterocycles. The third kappa shape index (κ3) is 3.00. The van der Waals surface area contributed by atoms with E-state index in [9.17, 15) is 0 Å². The second-order valence-corrected chi connectivity index (χ2v) is 3.33. The Hall–Kier alpha value is -1.09. The lowest BCUT2D eigenvalue weighted by Gasteiger charge is -2.00. The SMILES string of the molecule is C/C=C/CNCc1cn(C)nc1CC. The van der Waals surface area contributed by atoms with Crippen LogP contribution in [0.4, 0.5) is 0 Å². The minimum absolute atomic E-state index is 0.904. The van der Waals surface area contributed by atoms with E-state index in [-0.39, 0.29) is 0 Å². The van der Waals surface area contributed by atoms with E-state index < -0.39 is 0 Å². The van der Waals surface area contributed by atoms with Crippen LogP contribution in [0.3, 0.4) is 0 Å². The molecule has 0 unspecified atom stereocenters. The molecule has 1 aromatic rings. The molecule has 0 bridgehead atoms. The van der Waals surface area contributed by atoms with Crippen LogP contribution < -0.4 is 5.32 Å². The number of hydrogen-bond acceptors (Lipinski definition) is 2. The van der Waals surface area contributed by atoms with Gasteiger partial charge in [-0.2, -0.15) is 5.10 Å². The van der Waals surface area contributed by atoms with Gasteiger partial charge >= 0.3 is 0 Å². The number of aryl methyl sites for hydroxylation is 2. The predicted octanol–water partition coefficient (Wildman–Crippen LogP) is 1.65. The molecule has 0 atom stereocenters. The fraction of sp³-hybridized carbons (Fsp3) is 0.545. The molecule has 1 aromatic heterocycles. The number of rotatable bonds is 5. The highest BCUT2D eigenvalue weighted by Gasteiger charge is 2.03. The lowest BCUT2D eigenvalue weighted by molar-refractivity contribution is 0.746. The van der Waals surface area contributed by atoms with Gasteiger partial charge in [0.05, 0.1) is 5.69 Å². The van der Waals surface area contributed by atoms with Crippen LogP contribution in [-0.2, 0) is 20.0 Å². The molecule has 1 N–H and O–H groups in total. The standard InChI is InChI=1S/C11H19N3/c1-4-6-7-12-8-10-9-14(3)13-11(10)5-2/h4,6,9,12H,5,7-8H2,1-3H3/b6-4+. The summed E-state index contributed by atoms with van der Waals surface area (Å²) in [5.74, 6) is 0. The van der Waals surface area contributed by atoms with E-state index in [4.69, 9.17) is 0 Å². The lowest BCUT2D eigenvalue weighted by atomic mass is 10.2. The molecule has 14 heavy (non-hydrogen) atoms. The van der Waals surface area contributed by atoms with Crippen molar-refractivity contribution in [2.45, 2.75) is 26.8 Å². The van der Waals surface area contributed by atoms with Gasteiger partial charge in [-0.15, -0.1) is 0 Å². The van der Waals surface area contributed by atoms with Crippen LogP contribution >= 0.6 is 0 Å². The number of nitrogens with zero attached hydrogens (tertiary/aromatic N) is 2. The van der Waals surface area contributed by atoms with Gasteiger partial charge in [0.25, 0.3) is 0 Å². The molecule has 0 aliphatic carbocycles. The number of aromatic nitrogens is 2. The molecule has 0 amide bonds. The van der Waals surface area contributed by atoms with Crippen LogP contribution in [0.1, 0.15) is 25.1 Å². The highest BCUT2D eigenvalue weighted by atomic mass is 15.3. The molecule has 0 fully saturated rings. The van der Waals surface area contributed by atoms with E-state index in [0.29, 0.717) is 0 Å². The van der Waals surface area contributed by atoms with E-state index in [1.165, 1.54) is 11.3 Å². The van der Waals surface area contributed by atoms with Crippen molar-refractivity contribution >= 4 is 0 Å². The maximum Gasteiger partial charge on any atom is 0.0666 e. The summed E-state index contributed by atoms with van der Waals surface area (Å²) in [7, 11) is 1.97. The minimum atomic E-state index is 0.904. The quantitative estimate of drug-likeness (QED) is 0.569. The normalized spacial score (nSPS) is 11.4. The van der Waals surface area contributed by atoms with Gasteiger partial charge in [-0.3, -0.25) is 4.68 Å². The summed E-state index contributed by atoms with van der Waals surface area (Å²) in [4.78, 5) is 0. The third-order valence-electron chi connectivity index (χ3n) is 2.14. The van der Waals surface area contributed by atoms with Crippen molar-refractivity contribution < 1.29 is 0 Å². The Balaban J connectivity index is 2.48. The number of hydrogen-bond donors (Lipinski definition) is 1. The zero-order valence-electron chi connectivity index (χ0n) is 9.25. The van der Waals surface area contributed by atoms with Crippen molar-refractivity contribution in [3.63, 3.8) is 0 Å². The first-order chi connectivity index (χ1) is 6.77. The van der Waals surface area contributed by atoms with Gasteiger partial charge in [-0.05, 0) is 13.3 Å². The van der Waals surface area contributed by atoms with Crippen LogP contribution in [0.2, 0.25) is 0 Å². The van der Waals surface area contributed by atoms with Crippen molar-refractivity contribution in [3.8, 4) is 0 Å². The van der Waals surface area contributed by atoms with Crippen LogP contribution in [0.15, 0.2) is 18.3 Å². The fourth-order valence-electron chi connectivity index (χ4n) is 1.44. The largest absolute Gasteiger partial charge is 0.309 e. The maximum absolute atomic E-state index is 4.39. The molecular formula is C11H19N3. The van der Waals surface area contributed by atoms with Gasteiger partial charge in [0.2, 0.25) is 0 Å². The van der Waals surface area contributed by atoms with E-state index in [0.717, 1.165) is 19.5 Å². The molecule has 0 aliphatic heterocycles. The smallest absolute Gasteiger partial charge is 0.0666 e. The van der Waals surface area contributed by atoms with Crippen molar-refractivity contribution in [3.05, 3.63) is 29.6 Å². The molecule has 0 spiro atoms. The van der Waals surface area contributed by atoms with Gasteiger partial charge in [-0.25, -0.2) is 0 Å². The Kier molecular flexibility index (Phi) is 4.40. The van der Waals surface area contributed by atoms with Crippen LogP contribution in [0.25, 0.3) is 0 Å². The fourth-order valence-corrected chi connectivity index (χ4v) is 1.44. The highest BCUT2D eigenvalue weighted by Crippen LogP contribution is 2.06. The van der Waals surface area contributed by atoms with Gasteiger partial charge in [0.15, 0.2) is 0 Å². The molecule has 1 rings (SSSR count). The summed E-state index contributed by atoms with van der Waals surface area (Å²) in [6.45, 7) is 6.00. The molecule has 0 aliphatic rings. The summed E-state index contributed by atoms with van der Waals surface area (Å²) in [6, 6.07) is 0. The van der Waals surface area contributed by atoms with Gasteiger partial charge in [0, 0.05) is 31.9 Å². The highest BCUT2D eigenvalue weighted by molar-refractivity contribution is 5.16. The molecule has 0 radical (unpaired) electrons. The average molecular weight is 193 g/mol. The Morgan fingerprint density at radius 3 is 3.00 bits per heavy atom. The van der Waals surface area contributed by atoms with Crippen LogP contribution in [0, 0.1) is 0 Å². The second-order valence-electron chi connectivity index (χ2n) is 3.33. The second kappa shape index (κ2) is 5.60. The van der Waals surface area contributed by atoms with Gasteiger partial charge < -0.3 is 5.32 Å². The van der Waals surface area contributed by atoms with Crippen LogP contribution in [0.5, 0.6) is 0 Å².